The Hall–Kier alpha value is -4.00. The van der Waals surface area contributed by atoms with Gasteiger partial charge in [-0.15, -0.1) is 0 Å². The first-order valence-corrected chi connectivity index (χ1v) is 9.08. The van der Waals surface area contributed by atoms with E-state index >= 15 is 0 Å². The molecule has 0 atom stereocenters. The lowest BCUT2D eigenvalue weighted by molar-refractivity contribution is -0.383. The summed E-state index contributed by atoms with van der Waals surface area (Å²) < 4.78 is 5.36. The van der Waals surface area contributed by atoms with E-state index in [1.165, 1.54) is 6.07 Å². The Kier molecular flexibility index (Phi) is 5.03. The Bertz CT molecular complexity index is 1160. The molecular weight excluding hydrogens is 368 g/mol. The van der Waals surface area contributed by atoms with Gasteiger partial charge in [0.1, 0.15) is 5.69 Å². The molecule has 0 saturated carbocycles. The first-order chi connectivity index (χ1) is 14.1. The second-order valence-electron chi connectivity index (χ2n) is 6.57. The SMILES string of the molecule is Cc1ccccc1-c1noc(-c2ccc(NCc3ccccc3)c([N+](=O)[O-])c2)n1. The van der Waals surface area contributed by atoms with E-state index in [0.29, 0.717) is 23.6 Å². The van der Waals surface area contributed by atoms with Crippen LogP contribution in [0.4, 0.5) is 11.4 Å². The number of hydrogen-bond donors (Lipinski definition) is 1. The molecule has 4 rings (SSSR count). The van der Waals surface area contributed by atoms with Crippen LogP contribution in [-0.2, 0) is 6.54 Å². The molecule has 4 aromatic rings. The van der Waals surface area contributed by atoms with Crippen LogP contribution in [0, 0.1) is 17.0 Å². The standard InChI is InChI=1S/C22H18N4O3/c1-15-7-5-6-10-18(15)21-24-22(29-25-21)17-11-12-19(20(13-17)26(27)28)23-14-16-8-3-2-4-9-16/h2-13,23H,14H2,1H3. The van der Waals surface area contributed by atoms with Gasteiger partial charge >= 0.3 is 0 Å². The van der Waals surface area contributed by atoms with Gasteiger partial charge in [-0.3, -0.25) is 10.1 Å². The Morgan fingerprint density at radius 1 is 1.03 bits per heavy atom. The molecule has 0 aliphatic heterocycles. The van der Waals surface area contributed by atoms with E-state index in [9.17, 15) is 10.1 Å². The predicted molar refractivity (Wildman–Crippen MR) is 110 cm³/mol. The molecule has 1 aromatic heterocycles. The molecule has 0 amide bonds. The molecule has 0 aliphatic rings. The van der Waals surface area contributed by atoms with Gasteiger partial charge in [0.25, 0.3) is 11.6 Å². The quantitative estimate of drug-likeness (QED) is 0.360. The van der Waals surface area contributed by atoms with Crippen molar-refractivity contribution in [2.24, 2.45) is 0 Å². The number of hydrogen-bond acceptors (Lipinski definition) is 6. The van der Waals surface area contributed by atoms with Crippen LogP contribution < -0.4 is 5.32 Å². The summed E-state index contributed by atoms with van der Waals surface area (Å²) in [5.74, 6) is 0.688. The third-order valence-corrected chi connectivity index (χ3v) is 4.58. The van der Waals surface area contributed by atoms with Gasteiger partial charge in [-0.1, -0.05) is 59.8 Å². The van der Waals surface area contributed by atoms with Crippen molar-refractivity contribution >= 4 is 11.4 Å². The Morgan fingerprint density at radius 2 is 1.79 bits per heavy atom. The molecule has 0 spiro atoms. The lowest BCUT2D eigenvalue weighted by Crippen LogP contribution is -2.02. The topological polar surface area (TPSA) is 94.1 Å². The molecular formula is C22H18N4O3. The zero-order valence-electron chi connectivity index (χ0n) is 15.7. The predicted octanol–water partition coefficient (Wildman–Crippen LogP) is 5.23. The van der Waals surface area contributed by atoms with Crippen molar-refractivity contribution in [2.75, 3.05) is 5.32 Å². The number of nitrogens with zero attached hydrogens (tertiary/aromatic N) is 3. The molecule has 0 fully saturated rings. The second-order valence-corrected chi connectivity index (χ2v) is 6.57. The van der Waals surface area contributed by atoms with Gasteiger partial charge in [0.05, 0.1) is 4.92 Å². The highest BCUT2D eigenvalue weighted by Crippen LogP contribution is 2.31. The van der Waals surface area contributed by atoms with Gasteiger partial charge in [-0.2, -0.15) is 4.98 Å². The summed E-state index contributed by atoms with van der Waals surface area (Å²) in [7, 11) is 0. The number of nitro groups is 1. The highest BCUT2D eigenvalue weighted by atomic mass is 16.6. The smallest absolute Gasteiger partial charge is 0.293 e. The third kappa shape index (κ3) is 3.98. The normalized spacial score (nSPS) is 10.7. The van der Waals surface area contributed by atoms with Crippen molar-refractivity contribution in [3.8, 4) is 22.8 Å². The van der Waals surface area contributed by atoms with E-state index < -0.39 is 4.92 Å². The van der Waals surface area contributed by atoms with Gasteiger partial charge in [-0.25, -0.2) is 0 Å². The van der Waals surface area contributed by atoms with E-state index in [1.807, 2.05) is 61.5 Å². The lowest BCUT2D eigenvalue weighted by atomic mass is 10.1. The highest BCUT2D eigenvalue weighted by Gasteiger charge is 2.19. The minimum absolute atomic E-state index is 0.0472. The Labute approximate surface area is 167 Å². The number of nitro benzene ring substituents is 1. The summed E-state index contributed by atoms with van der Waals surface area (Å²) in [6.07, 6.45) is 0. The maximum atomic E-state index is 11.6. The zero-order chi connectivity index (χ0) is 20.2. The molecule has 1 N–H and O–H groups in total. The molecule has 0 bridgehead atoms. The van der Waals surface area contributed by atoms with Crippen LogP contribution in [0.15, 0.2) is 77.3 Å². The van der Waals surface area contributed by atoms with Crippen LogP contribution in [0.25, 0.3) is 22.8 Å². The van der Waals surface area contributed by atoms with Gasteiger partial charge in [0.2, 0.25) is 5.82 Å². The number of anilines is 1. The molecule has 0 saturated heterocycles. The first-order valence-electron chi connectivity index (χ1n) is 9.08. The molecule has 7 nitrogen and oxygen atoms in total. The van der Waals surface area contributed by atoms with Crippen molar-refractivity contribution < 1.29 is 9.45 Å². The van der Waals surface area contributed by atoms with Gasteiger partial charge < -0.3 is 9.84 Å². The minimum Gasteiger partial charge on any atom is -0.375 e. The van der Waals surface area contributed by atoms with Crippen molar-refractivity contribution in [1.29, 1.82) is 0 Å². The maximum absolute atomic E-state index is 11.6. The van der Waals surface area contributed by atoms with Crippen LogP contribution in [0.5, 0.6) is 0 Å². The van der Waals surface area contributed by atoms with Crippen molar-refractivity contribution in [2.45, 2.75) is 13.5 Å². The molecule has 3 aromatic carbocycles. The number of rotatable bonds is 6. The fourth-order valence-electron chi connectivity index (χ4n) is 3.03. The van der Waals surface area contributed by atoms with Gasteiger partial charge in [-0.05, 0) is 30.2 Å². The van der Waals surface area contributed by atoms with Crippen molar-refractivity contribution in [3.63, 3.8) is 0 Å². The minimum atomic E-state index is -0.421. The van der Waals surface area contributed by atoms with Crippen LogP contribution in [-0.4, -0.2) is 15.1 Å². The monoisotopic (exact) mass is 386 g/mol. The van der Waals surface area contributed by atoms with Crippen LogP contribution in [0.2, 0.25) is 0 Å². The number of aryl methyl sites for hydroxylation is 1. The Balaban J connectivity index is 1.61. The molecule has 1 heterocycles. The summed E-state index contributed by atoms with van der Waals surface area (Å²) in [5, 5.41) is 18.7. The van der Waals surface area contributed by atoms with E-state index in [0.717, 1.165) is 16.7 Å². The fourth-order valence-corrected chi connectivity index (χ4v) is 3.03. The van der Waals surface area contributed by atoms with Crippen LogP contribution in [0.1, 0.15) is 11.1 Å². The summed E-state index contributed by atoms with van der Waals surface area (Å²) >= 11 is 0. The average Bonchev–Trinajstić information content (AvgIpc) is 3.23. The van der Waals surface area contributed by atoms with E-state index in [2.05, 4.69) is 15.5 Å². The molecule has 0 radical (unpaired) electrons. The van der Waals surface area contributed by atoms with Crippen LogP contribution >= 0.6 is 0 Å². The summed E-state index contributed by atoms with van der Waals surface area (Å²) in [6, 6.07) is 22.2. The summed E-state index contributed by atoms with van der Waals surface area (Å²) in [4.78, 5) is 15.6. The number of nitrogens with one attached hydrogen (secondary N) is 1. The Morgan fingerprint density at radius 3 is 2.55 bits per heavy atom. The third-order valence-electron chi connectivity index (χ3n) is 4.58. The molecule has 7 heteroatoms. The highest BCUT2D eigenvalue weighted by molar-refractivity contribution is 5.71. The summed E-state index contributed by atoms with van der Waals surface area (Å²) in [6.45, 7) is 2.45. The fraction of sp³-hybridized carbons (Fsp3) is 0.0909. The van der Waals surface area contributed by atoms with E-state index in [4.69, 9.17) is 4.52 Å². The largest absolute Gasteiger partial charge is 0.375 e. The number of benzene rings is 3. The van der Waals surface area contributed by atoms with E-state index in [-0.39, 0.29) is 11.6 Å². The molecule has 0 unspecified atom stereocenters. The van der Waals surface area contributed by atoms with Gasteiger partial charge in [0, 0.05) is 23.7 Å². The molecule has 29 heavy (non-hydrogen) atoms. The maximum Gasteiger partial charge on any atom is 0.293 e. The van der Waals surface area contributed by atoms with Gasteiger partial charge in [0.15, 0.2) is 0 Å². The molecule has 144 valence electrons. The average molecular weight is 386 g/mol. The number of aromatic nitrogens is 2. The van der Waals surface area contributed by atoms with Crippen molar-refractivity contribution in [3.05, 3.63) is 94.0 Å². The molecule has 0 aliphatic carbocycles. The van der Waals surface area contributed by atoms with E-state index in [1.54, 1.807) is 12.1 Å². The lowest BCUT2D eigenvalue weighted by Gasteiger charge is -2.08. The first kappa shape index (κ1) is 18.4. The van der Waals surface area contributed by atoms with Crippen LogP contribution in [0.3, 0.4) is 0 Å². The summed E-state index contributed by atoms with van der Waals surface area (Å²) in [5.41, 5.74) is 3.79. The second kappa shape index (κ2) is 7.93. The van der Waals surface area contributed by atoms with Crippen molar-refractivity contribution in [1.82, 2.24) is 10.1 Å². The zero-order valence-corrected chi connectivity index (χ0v) is 15.7.